The highest BCUT2D eigenvalue weighted by Crippen LogP contribution is 2.13. The molecule has 0 aliphatic carbocycles. The predicted molar refractivity (Wildman–Crippen MR) is 96.3 cm³/mol. The topological polar surface area (TPSA) is 80.9 Å². The van der Waals surface area contributed by atoms with Crippen molar-refractivity contribution >= 4 is 0 Å². The Hall–Kier alpha value is -1.72. The van der Waals surface area contributed by atoms with E-state index in [9.17, 15) is 0 Å². The zero-order chi connectivity index (χ0) is 18.3. The van der Waals surface area contributed by atoms with E-state index in [1.165, 1.54) is 16.7 Å². The van der Waals surface area contributed by atoms with Crippen molar-refractivity contribution in [3.8, 4) is 0 Å². The Morgan fingerprint density at radius 3 is 1.22 bits per heavy atom. The van der Waals surface area contributed by atoms with Crippen LogP contribution in [0.3, 0.4) is 0 Å². The maximum absolute atomic E-state index is 6.00. The Balaban J connectivity index is 0. The third-order valence-electron chi connectivity index (χ3n) is 3.21. The fourth-order valence-electron chi connectivity index (χ4n) is 1.79. The molecule has 2 rings (SSSR count). The largest absolute Gasteiger partial charge is 0.255 e. The molecule has 0 saturated carbocycles. The van der Waals surface area contributed by atoms with Gasteiger partial charge in [0.2, 0.25) is 0 Å². The Bertz CT molecular complexity index is 464. The predicted octanol–water partition coefficient (Wildman–Crippen LogP) is 5.96. The summed E-state index contributed by atoms with van der Waals surface area (Å²) in [6, 6.07) is 19.2. The standard InChI is InChI=1S/C10H14.C9H12.2H2O2/c1-8(2)10-6-4-9(3)5-7-10;1-8(2)9-6-4-3-5-7-9;2*1-2/h4-8H,1-3H3;3-8H,1-2H3;2*1-2H. The van der Waals surface area contributed by atoms with Crippen LogP contribution < -0.4 is 0 Å². The van der Waals surface area contributed by atoms with E-state index < -0.39 is 0 Å². The average molecular weight is 322 g/mol. The van der Waals surface area contributed by atoms with Gasteiger partial charge in [-0.3, -0.25) is 21.0 Å². The fraction of sp³-hybridized carbons (Fsp3) is 0.368. The van der Waals surface area contributed by atoms with Gasteiger partial charge in [0.1, 0.15) is 0 Å². The quantitative estimate of drug-likeness (QED) is 0.406. The molecule has 4 N–H and O–H groups in total. The lowest BCUT2D eigenvalue weighted by Crippen LogP contribution is -1.85. The van der Waals surface area contributed by atoms with Crippen molar-refractivity contribution in [2.45, 2.75) is 46.5 Å². The molecule has 4 heteroatoms. The van der Waals surface area contributed by atoms with Crippen molar-refractivity contribution < 1.29 is 21.0 Å². The highest BCUT2D eigenvalue weighted by Gasteiger charge is 1.95. The van der Waals surface area contributed by atoms with Gasteiger partial charge in [-0.2, -0.15) is 0 Å². The van der Waals surface area contributed by atoms with Gasteiger partial charge in [0, 0.05) is 0 Å². The molecule has 130 valence electrons. The van der Waals surface area contributed by atoms with E-state index in [-0.39, 0.29) is 0 Å². The second-order valence-corrected chi connectivity index (χ2v) is 5.63. The van der Waals surface area contributed by atoms with E-state index in [4.69, 9.17) is 21.0 Å². The summed E-state index contributed by atoms with van der Waals surface area (Å²) in [6.45, 7) is 10.9. The Morgan fingerprint density at radius 1 is 0.565 bits per heavy atom. The molecule has 0 radical (unpaired) electrons. The number of benzene rings is 2. The zero-order valence-electron chi connectivity index (χ0n) is 14.6. The highest BCUT2D eigenvalue weighted by molar-refractivity contribution is 5.23. The third kappa shape index (κ3) is 11.5. The zero-order valence-corrected chi connectivity index (χ0v) is 14.6. The van der Waals surface area contributed by atoms with Crippen LogP contribution in [-0.2, 0) is 0 Å². The lowest BCUT2D eigenvalue weighted by Gasteiger charge is -2.03. The molecule has 0 aromatic heterocycles. The molecule has 0 heterocycles. The average Bonchev–Trinajstić information content (AvgIpc) is 2.60. The van der Waals surface area contributed by atoms with E-state index >= 15 is 0 Å². The smallest absolute Gasteiger partial charge is 0.0219 e. The summed E-state index contributed by atoms with van der Waals surface area (Å²) in [4.78, 5) is 0. The van der Waals surface area contributed by atoms with Crippen molar-refractivity contribution in [3.63, 3.8) is 0 Å². The van der Waals surface area contributed by atoms with Gasteiger partial charge in [0.15, 0.2) is 0 Å². The summed E-state index contributed by atoms with van der Waals surface area (Å²) in [5.74, 6) is 1.31. The summed E-state index contributed by atoms with van der Waals surface area (Å²) in [5, 5.41) is 24.0. The minimum absolute atomic E-state index is 0.653. The van der Waals surface area contributed by atoms with Crippen LogP contribution >= 0.6 is 0 Å². The maximum atomic E-state index is 6.00. The number of rotatable bonds is 2. The Morgan fingerprint density at radius 2 is 0.913 bits per heavy atom. The monoisotopic (exact) mass is 322 g/mol. The van der Waals surface area contributed by atoms with E-state index in [2.05, 4.69) is 83.1 Å². The lowest BCUT2D eigenvalue weighted by molar-refractivity contribution is -0.176. The van der Waals surface area contributed by atoms with Crippen LogP contribution in [-0.4, -0.2) is 21.0 Å². The van der Waals surface area contributed by atoms with Crippen LogP contribution in [0.25, 0.3) is 0 Å². The SMILES string of the molecule is CC(C)c1ccccc1.Cc1ccc(C(C)C)cc1.OO.OO. The summed E-state index contributed by atoms with van der Waals surface area (Å²) in [7, 11) is 0. The second kappa shape index (κ2) is 15.2. The van der Waals surface area contributed by atoms with Gasteiger partial charge >= 0.3 is 0 Å². The molecule has 4 nitrogen and oxygen atoms in total. The summed E-state index contributed by atoms with van der Waals surface area (Å²) in [6.07, 6.45) is 0. The molecule has 0 aliphatic heterocycles. The van der Waals surface area contributed by atoms with Crippen LogP contribution in [0.5, 0.6) is 0 Å². The molecular formula is C19H30O4. The van der Waals surface area contributed by atoms with Crippen molar-refractivity contribution in [1.82, 2.24) is 0 Å². The first-order chi connectivity index (χ1) is 11.0. The van der Waals surface area contributed by atoms with Crippen LogP contribution in [0.15, 0.2) is 54.6 Å². The molecule has 0 atom stereocenters. The van der Waals surface area contributed by atoms with Crippen LogP contribution in [0.1, 0.15) is 56.2 Å². The van der Waals surface area contributed by atoms with Gasteiger partial charge in [-0.1, -0.05) is 87.9 Å². The summed E-state index contributed by atoms with van der Waals surface area (Å²) < 4.78 is 0. The van der Waals surface area contributed by atoms with Gasteiger partial charge in [0.25, 0.3) is 0 Å². The summed E-state index contributed by atoms with van der Waals surface area (Å²) >= 11 is 0. The summed E-state index contributed by atoms with van der Waals surface area (Å²) in [5.41, 5.74) is 4.17. The molecule has 0 unspecified atom stereocenters. The van der Waals surface area contributed by atoms with Crippen LogP contribution in [0.2, 0.25) is 0 Å². The van der Waals surface area contributed by atoms with Gasteiger partial charge < -0.3 is 0 Å². The minimum Gasteiger partial charge on any atom is -0.255 e. The maximum Gasteiger partial charge on any atom is -0.0219 e. The van der Waals surface area contributed by atoms with Crippen molar-refractivity contribution in [1.29, 1.82) is 0 Å². The first kappa shape index (κ1) is 23.5. The van der Waals surface area contributed by atoms with Gasteiger partial charge in [-0.05, 0) is 29.9 Å². The fourth-order valence-corrected chi connectivity index (χ4v) is 1.79. The van der Waals surface area contributed by atoms with Crippen molar-refractivity contribution in [3.05, 3.63) is 71.3 Å². The molecule has 0 amide bonds. The van der Waals surface area contributed by atoms with Crippen molar-refractivity contribution in [2.75, 3.05) is 0 Å². The molecule has 2 aromatic carbocycles. The third-order valence-corrected chi connectivity index (χ3v) is 3.21. The Kier molecular flexibility index (Phi) is 15.5. The number of hydrogen-bond acceptors (Lipinski definition) is 4. The second-order valence-electron chi connectivity index (χ2n) is 5.63. The molecule has 0 spiro atoms. The van der Waals surface area contributed by atoms with E-state index in [1.54, 1.807) is 0 Å². The normalized spacial score (nSPS) is 9.00. The molecule has 2 aromatic rings. The van der Waals surface area contributed by atoms with Crippen LogP contribution in [0.4, 0.5) is 0 Å². The molecule has 0 bridgehead atoms. The van der Waals surface area contributed by atoms with Gasteiger partial charge in [-0.15, -0.1) is 0 Å². The molecule has 0 saturated heterocycles. The number of hydrogen-bond donors (Lipinski definition) is 4. The molecule has 23 heavy (non-hydrogen) atoms. The van der Waals surface area contributed by atoms with E-state index in [0.717, 1.165) is 0 Å². The molecule has 0 fully saturated rings. The minimum atomic E-state index is 0.653. The van der Waals surface area contributed by atoms with Gasteiger partial charge in [-0.25, -0.2) is 0 Å². The van der Waals surface area contributed by atoms with Gasteiger partial charge in [0.05, 0.1) is 0 Å². The van der Waals surface area contributed by atoms with Crippen molar-refractivity contribution in [2.24, 2.45) is 0 Å². The Labute approximate surface area is 139 Å². The lowest BCUT2D eigenvalue weighted by atomic mass is 10.0. The molecular weight excluding hydrogens is 292 g/mol. The first-order valence-electron chi connectivity index (χ1n) is 7.52. The van der Waals surface area contributed by atoms with Crippen LogP contribution in [0, 0.1) is 6.92 Å². The molecule has 0 aliphatic rings. The first-order valence-corrected chi connectivity index (χ1v) is 7.52. The van der Waals surface area contributed by atoms with E-state index in [1.807, 2.05) is 6.07 Å². The van der Waals surface area contributed by atoms with E-state index in [0.29, 0.717) is 11.8 Å². The highest BCUT2D eigenvalue weighted by atomic mass is 17.0. The number of aryl methyl sites for hydroxylation is 1.